The summed E-state index contributed by atoms with van der Waals surface area (Å²) in [4.78, 5) is 4.28. The van der Waals surface area contributed by atoms with Crippen molar-refractivity contribution in [2.45, 2.75) is 40.4 Å². The van der Waals surface area contributed by atoms with Crippen molar-refractivity contribution in [2.75, 3.05) is 6.54 Å². The van der Waals surface area contributed by atoms with Gasteiger partial charge in [-0.05, 0) is 18.4 Å². The summed E-state index contributed by atoms with van der Waals surface area (Å²) >= 11 is 0. The van der Waals surface area contributed by atoms with E-state index < -0.39 is 0 Å². The summed E-state index contributed by atoms with van der Waals surface area (Å²) in [6, 6.07) is 0. The molecule has 1 N–H and O–H groups in total. The summed E-state index contributed by atoms with van der Waals surface area (Å²) in [6.45, 7) is 9.80. The van der Waals surface area contributed by atoms with Gasteiger partial charge >= 0.3 is 0 Å². The SMILES string of the molecule is Cc1cnn(CCNCc2ncnn2CC(C)C)c1. The van der Waals surface area contributed by atoms with E-state index in [-0.39, 0.29) is 0 Å². The van der Waals surface area contributed by atoms with Crippen molar-refractivity contribution < 1.29 is 0 Å². The molecule has 0 aromatic carbocycles. The summed E-state index contributed by atoms with van der Waals surface area (Å²) in [7, 11) is 0. The fourth-order valence-corrected chi connectivity index (χ4v) is 1.91. The molecule has 0 saturated heterocycles. The molecule has 0 atom stereocenters. The summed E-state index contributed by atoms with van der Waals surface area (Å²) in [5, 5.41) is 11.9. The summed E-state index contributed by atoms with van der Waals surface area (Å²) < 4.78 is 3.91. The van der Waals surface area contributed by atoms with Crippen LogP contribution in [-0.2, 0) is 19.6 Å². The third kappa shape index (κ3) is 4.17. The normalized spacial score (nSPS) is 11.4. The Balaban J connectivity index is 1.75. The van der Waals surface area contributed by atoms with Crippen molar-refractivity contribution in [3.63, 3.8) is 0 Å². The maximum Gasteiger partial charge on any atom is 0.140 e. The Labute approximate surface area is 113 Å². The van der Waals surface area contributed by atoms with Gasteiger partial charge in [0, 0.05) is 19.3 Å². The average Bonchev–Trinajstić information content (AvgIpc) is 2.94. The zero-order valence-electron chi connectivity index (χ0n) is 11.9. The minimum atomic E-state index is 0.576. The number of rotatable bonds is 7. The lowest BCUT2D eigenvalue weighted by atomic mass is 10.2. The lowest BCUT2D eigenvalue weighted by molar-refractivity contribution is 0.453. The summed E-state index contributed by atoms with van der Waals surface area (Å²) in [5.74, 6) is 1.57. The smallest absolute Gasteiger partial charge is 0.140 e. The van der Waals surface area contributed by atoms with Crippen LogP contribution in [0.1, 0.15) is 25.2 Å². The second kappa shape index (κ2) is 6.47. The Morgan fingerprint density at radius 3 is 2.84 bits per heavy atom. The van der Waals surface area contributed by atoms with Gasteiger partial charge in [-0.2, -0.15) is 10.2 Å². The highest BCUT2D eigenvalue weighted by atomic mass is 15.3. The van der Waals surface area contributed by atoms with Gasteiger partial charge in [0.15, 0.2) is 0 Å². The number of aromatic nitrogens is 5. The monoisotopic (exact) mass is 262 g/mol. The largest absolute Gasteiger partial charge is 0.308 e. The van der Waals surface area contributed by atoms with E-state index in [1.165, 1.54) is 5.56 Å². The van der Waals surface area contributed by atoms with Gasteiger partial charge in [-0.3, -0.25) is 4.68 Å². The first-order chi connectivity index (χ1) is 9.15. The van der Waals surface area contributed by atoms with E-state index >= 15 is 0 Å². The minimum Gasteiger partial charge on any atom is -0.308 e. The van der Waals surface area contributed by atoms with Crippen molar-refractivity contribution in [3.8, 4) is 0 Å². The fourth-order valence-electron chi connectivity index (χ4n) is 1.91. The van der Waals surface area contributed by atoms with Crippen LogP contribution in [0.15, 0.2) is 18.7 Å². The second-order valence-electron chi connectivity index (χ2n) is 5.21. The highest BCUT2D eigenvalue weighted by Gasteiger charge is 2.05. The quantitative estimate of drug-likeness (QED) is 0.762. The third-order valence-electron chi connectivity index (χ3n) is 2.80. The van der Waals surface area contributed by atoms with Gasteiger partial charge in [-0.15, -0.1) is 0 Å². The van der Waals surface area contributed by atoms with Crippen molar-refractivity contribution in [1.82, 2.24) is 29.9 Å². The van der Waals surface area contributed by atoms with Gasteiger partial charge in [0.05, 0.1) is 19.3 Å². The summed E-state index contributed by atoms with van der Waals surface area (Å²) in [6.07, 6.45) is 5.54. The van der Waals surface area contributed by atoms with Gasteiger partial charge in [0.25, 0.3) is 0 Å². The van der Waals surface area contributed by atoms with Crippen LogP contribution in [0.2, 0.25) is 0 Å². The predicted molar refractivity (Wildman–Crippen MR) is 73.5 cm³/mol. The molecule has 0 spiro atoms. The van der Waals surface area contributed by atoms with E-state index in [0.29, 0.717) is 5.92 Å². The summed E-state index contributed by atoms with van der Waals surface area (Å²) in [5.41, 5.74) is 1.19. The van der Waals surface area contributed by atoms with Crippen LogP contribution >= 0.6 is 0 Å². The molecule has 6 heteroatoms. The topological polar surface area (TPSA) is 60.6 Å². The standard InChI is InChI=1S/C13H22N6/c1-11(2)8-19-13(15-10-17-19)7-14-4-5-18-9-12(3)6-16-18/h6,9-11,14H,4-5,7-8H2,1-3H3. The number of hydrogen-bond donors (Lipinski definition) is 1. The highest BCUT2D eigenvalue weighted by molar-refractivity contribution is 4.99. The molecular weight excluding hydrogens is 240 g/mol. The average molecular weight is 262 g/mol. The van der Waals surface area contributed by atoms with Crippen LogP contribution in [-0.4, -0.2) is 31.1 Å². The Hall–Kier alpha value is -1.69. The number of hydrogen-bond acceptors (Lipinski definition) is 4. The molecule has 2 rings (SSSR count). The lowest BCUT2D eigenvalue weighted by Gasteiger charge is -2.09. The molecule has 104 valence electrons. The first-order valence-corrected chi connectivity index (χ1v) is 6.71. The fraction of sp³-hybridized carbons (Fsp3) is 0.615. The van der Waals surface area contributed by atoms with Crippen molar-refractivity contribution >= 4 is 0 Å². The van der Waals surface area contributed by atoms with Gasteiger partial charge in [-0.1, -0.05) is 13.8 Å². The van der Waals surface area contributed by atoms with Gasteiger partial charge in [-0.25, -0.2) is 9.67 Å². The molecule has 0 amide bonds. The zero-order chi connectivity index (χ0) is 13.7. The highest BCUT2D eigenvalue weighted by Crippen LogP contribution is 2.00. The van der Waals surface area contributed by atoms with E-state index in [9.17, 15) is 0 Å². The van der Waals surface area contributed by atoms with Crippen LogP contribution in [0.25, 0.3) is 0 Å². The Morgan fingerprint density at radius 2 is 2.16 bits per heavy atom. The maximum atomic E-state index is 4.28. The number of nitrogens with one attached hydrogen (secondary N) is 1. The third-order valence-corrected chi connectivity index (χ3v) is 2.80. The van der Waals surface area contributed by atoms with E-state index in [1.54, 1.807) is 6.33 Å². The Kier molecular flexibility index (Phi) is 4.68. The zero-order valence-corrected chi connectivity index (χ0v) is 11.9. The van der Waals surface area contributed by atoms with Crippen molar-refractivity contribution in [1.29, 1.82) is 0 Å². The van der Waals surface area contributed by atoms with Crippen LogP contribution in [0.5, 0.6) is 0 Å². The van der Waals surface area contributed by atoms with Gasteiger partial charge < -0.3 is 5.32 Å². The first kappa shape index (κ1) is 13.7. The first-order valence-electron chi connectivity index (χ1n) is 6.71. The van der Waals surface area contributed by atoms with E-state index in [0.717, 1.165) is 32.0 Å². The molecule has 2 aromatic heterocycles. The van der Waals surface area contributed by atoms with Gasteiger partial charge in [0.1, 0.15) is 12.2 Å². The van der Waals surface area contributed by atoms with Crippen molar-refractivity contribution in [3.05, 3.63) is 30.1 Å². The molecule has 6 nitrogen and oxygen atoms in total. The molecule has 0 aliphatic heterocycles. The van der Waals surface area contributed by atoms with Crippen LogP contribution in [0.3, 0.4) is 0 Å². The Bertz CT molecular complexity index is 499. The molecule has 0 aliphatic carbocycles. The molecule has 2 aromatic rings. The Morgan fingerprint density at radius 1 is 1.32 bits per heavy atom. The number of aryl methyl sites for hydroxylation is 1. The molecule has 0 bridgehead atoms. The van der Waals surface area contributed by atoms with E-state index in [4.69, 9.17) is 0 Å². The molecule has 19 heavy (non-hydrogen) atoms. The maximum absolute atomic E-state index is 4.28. The van der Waals surface area contributed by atoms with Crippen LogP contribution in [0.4, 0.5) is 0 Å². The molecule has 0 aliphatic rings. The minimum absolute atomic E-state index is 0.576. The molecular formula is C13H22N6. The van der Waals surface area contributed by atoms with Crippen LogP contribution < -0.4 is 5.32 Å². The predicted octanol–water partition coefficient (Wildman–Crippen LogP) is 1.23. The van der Waals surface area contributed by atoms with Crippen LogP contribution in [0, 0.1) is 12.8 Å². The molecule has 0 unspecified atom stereocenters. The second-order valence-corrected chi connectivity index (χ2v) is 5.21. The van der Waals surface area contributed by atoms with Gasteiger partial charge in [0.2, 0.25) is 0 Å². The van der Waals surface area contributed by atoms with Crippen molar-refractivity contribution in [2.24, 2.45) is 5.92 Å². The number of nitrogens with zero attached hydrogens (tertiary/aromatic N) is 5. The molecule has 0 radical (unpaired) electrons. The molecule has 2 heterocycles. The lowest BCUT2D eigenvalue weighted by Crippen LogP contribution is -2.22. The molecule has 0 fully saturated rings. The van der Waals surface area contributed by atoms with E-state index in [2.05, 4.69) is 34.3 Å². The molecule has 0 saturated carbocycles. The van der Waals surface area contributed by atoms with E-state index in [1.807, 2.05) is 28.7 Å².